The second-order valence-electron chi connectivity index (χ2n) is 6.96. The molecule has 0 N–H and O–H groups in total. The lowest BCUT2D eigenvalue weighted by Crippen LogP contribution is -2.47. The Morgan fingerprint density at radius 1 is 0.722 bits per heavy atom. The molecule has 2 saturated heterocycles. The van der Waals surface area contributed by atoms with Gasteiger partial charge in [-0.2, -0.15) is 0 Å². The minimum atomic E-state index is 0.887. The number of hydrogen-bond donors (Lipinski definition) is 0. The zero-order chi connectivity index (χ0) is 12.4. The molecule has 2 aliphatic heterocycles. The van der Waals surface area contributed by atoms with Crippen molar-refractivity contribution >= 4 is 0 Å². The standard InChI is InChI=1S/C16H30N2/c1-14-6-4-8-15(12-14)18-11-5-10-17-9-3-2-7-16(17)13-18/h14-16H,2-13H2,1H3. The molecule has 3 rings (SSSR count). The van der Waals surface area contributed by atoms with Crippen LogP contribution in [0, 0.1) is 5.92 Å². The van der Waals surface area contributed by atoms with E-state index in [0.29, 0.717) is 0 Å². The predicted octanol–water partition coefficient (Wildman–Crippen LogP) is 3.13. The Morgan fingerprint density at radius 2 is 1.50 bits per heavy atom. The fraction of sp³-hybridized carbons (Fsp3) is 1.00. The first kappa shape index (κ1) is 12.9. The van der Waals surface area contributed by atoms with Gasteiger partial charge in [0.25, 0.3) is 0 Å². The largest absolute Gasteiger partial charge is 0.299 e. The molecule has 1 aliphatic carbocycles. The van der Waals surface area contributed by atoms with E-state index in [1.807, 2.05) is 0 Å². The Labute approximate surface area is 113 Å². The summed E-state index contributed by atoms with van der Waals surface area (Å²) in [6.45, 7) is 7.93. The maximum atomic E-state index is 2.87. The Balaban J connectivity index is 1.61. The number of piperidine rings is 1. The first-order valence-corrected chi connectivity index (χ1v) is 8.31. The van der Waals surface area contributed by atoms with Crippen LogP contribution in [0.5, 0.6) is 0 Å². The lowest BCUT2D eigenvalue weighted by Gasteiger charge is -2.40. The molecule has 18 heavy (non-hydrogen) atoms. The van der Waals surface area contributed by atoms with E-state index in [4.69, 9.17) is 0 Å². The highest BCUT2D eigenvalue weighted by Gasteiger charge is 2.31. The summed E-state index contributed by atoms with van der Waals surface area (Å²) in [7, 11) is 0. The van der Waals surface area contributed by atoms with Gasteiger partial charge in [0.1, 0.15) is 0 Å². The molecule has 0 aromatic heterocycles. The van der Waals surface area contributed by atoms with E-state index in [0.717, 1.165) is 18.0 Å². The van der Waals surface area contributed by atoms with Crippen LogP contribution in [0.2, 0.25) is 0 Å². The van der Waals surface area contributed by atoms with Crippen molar-refractivity contribution in [3.8, 4) is 0 Å². The van der Waals surface area contributed by atoms with Crippen molar-refractivity contribution in [1.82, 2.24) is 9.80 Å². The molecule has 2 heteroatoms. The summed E-state index contributed by atoms with van der Waals surface area (Å²) >= 11 is 0. The molecule has 0 aromatic rings. The van der Waals surface area contributed by atoms with Crippen LogP contribution in [0.25, 0.3) is 0 Å². The number of rotatable bonds is 1. The van der Waals surface area contributed by atoms with Gasteiger partial charge in [0.15, 0.2) is 0 Å². The van der Waals surface area contributed by atoms with Crippen LogP contribution < -0.4 is 0 Å². The molecule has 2 heterocycles. The molecular weight excluding hydrogens is 220 g/mol. The van der Waals surface area contributed by atoms with Crippen molar-refractivity contribution in [2.75, 3.05) is 26.2 Å². The molecule has 0 bridgehead atoms. The molecule has 0 amide bonds. The van der Waals surface area contributed by atoms with Gasteiger partial charge >= 0.3 is 0 Å². The third kappa shape index (κ3) is 2.91. The van der Waals surface area contributed by atoms with E-state index in [2.05, 4.69) is 16.7 Å². The molecule has 0 spiro atoms. The molecule has 3 fully saturated rings. The van der Waals surface area contributed by atoms with Crippen LogP contribution in [-0.2, 0) is 0 Å². The summed E-state index contributed by atoms with van der Waals surface area (Å²) in [6.07, 6.45) is 11.6. The first-order valence-electron chi connectivity index (χ1n) is 8.31. The number of fused-ring (bicyclic) bond motifs is 1. The third-order valence-electron chi connectivity index (χ3n) is 5.51. The minimum absolute atomic E-state index is 0.887. The van der Waals surface area contributed by atoms with Crippen molar-refractivity contribution in [2.45, 2.75) is 70.4 Å². The van der Waals surface area contributed by atoms with Crippen molar-refractivity contribution < 1.29 is 0 Å². The van der Waals surface area contributed by atoms with Crippen LogP contribution in [0.3, 0.4) is 0 Å². The highest BCUT2D eigenvalue weighted by atomic mass is 15.3. The second-order valence-corrected chi connectivity index (χ2v) is 6.96. The molecule has 0 radical (unpaired) electrons. The van der Waals surface area contributed by atoms with Gasteiger partial charge in [-0.3, -0.25) is 9.80 Å². The molecule has 3 aliphatic rings. The zero-order valence-corrected chi connectivity index (χ0v) is 12.1. The monoisotopic (exact) mass is 250 g/mol. The lowest BCUT2D eigenvalue weighted by atomic mass is 9.86. The van der Waals surface area contributed by atoms with E-state index in [-0.39, 0.29) is 0 Å². The van der Waals surface area contributed by atoms with Gasteiger partial charge in [0, 0.05) is 18.6 Å². The average molecular weight is 250 g/mol. The van der Waals surface area contributed by atoms with Gasteiger partial charge in [-0.15, -0.1) is 0 Å². The molecule has 104 valence electrons. The summed E-state index contributed by atoms with van der Waals surface area (Å²) in [5.41, 5.74) is 0. The van der Waals surface area contributed by atoms with Crippen LogP contribution >= 0.6 is 0 Å². The Morgan fingerprint density at radius 3 is 2.39 bits per heavy atom. The summed E-state index contributed by atoms with van der Waals surface area (Å²) in [6, 6.07) is 1.80. The van der Waals surface area contributed by atoms with Crippen LogP contribution in [0.4, 0.5) is 0 Å². The highest BCUT2D eigenvalue weighted by Crippen LogP contribution is 2.30. The van der Waals surface area contributed by atoms with Crippen LogP contribution in [0.1, 0.15) is 58.3 Å². The summed E-state index contributed by atoms with van der Waals surface area (Å²) in [5, 5.41) is 0. The summed E-state index contributed by atoms with van der Waals surface area (Å²) in [5.74, 6) is 0.967. The Kier molecular flexibility index (Phi) is 4.25. The first-order chi connectivity index (χ1) is 8.83. The van der Waals surface area contributed by atoms with E-state index >= 15 is 0 Å². The number of nitrogens with zero attached hydrogens (tertiary/aromatic N) is 2. The van der Waals surface area contributed by atoms with Crippen molar-refractivity contribution in [1.29, 1.82) is 0 Å². The predicted molar refractivity (Wildman–Crippen MR) is 76.8 cm³/mol. The molecule has 3 atom stereocenters. The third-order valence-corrected chi connectivity index (χ3v) is 5.51. The smallest absolute Gasteiger partial charge is 0.0223 e. The van der Waals surface area contributed by atoms with Gasteiger partial charge in [0.2, 0.25) is 0 Å². The number of hydrogen-bond acceptors (Lipinski definition) is 2. The van der Waals surface area contributed by atoms with E-state index in [9.17, 15) is 0 Å². The fourth-order valence-corrected chi connectivity index (χ4v) is 4.47. The maximum absolute atomic E-state index is 2.87. The second kappa shape index (κ2) is 5.92. The van der Waals surface area contributed by atoms with E-state index in [1.54, 1.807) is 0 Å². The van der Waals surface area contributed by atoms with Crippen LogP contribution in [0.15, 0.2) is 0 Å². The molecule has 0 aromatic carbocycles. The van der Waals surface area contributed by atoms with E-state index in [1.165, 1.54) is 77.5 Å². The van der Waals surface area contributed by atoms with Gasteiger partial charge in [0.05, 0.1) is 0 Å². The highest BCUT2D eigenvalue weighted by molar-refractivity contribution is 4.87. The van der Waals surface area contributed by atoms with Crippen molar-refractivity contribution in [3.63, 3.8) is 0 Å². The van der Waals surface area contributed by atoms with Crippen molar-refractivity contribution in [2.24, 2.45) is 5.92 Å². The fourth-order valence-electron chi connectivity index (χ4n) is 4.47. The van der Waals surface area contributed by atoms with Crippen LogP contribution in [-0.4, -0.2) is 48.1 Å². The topological polar surface area (TPSA) is 6.48 Å². The quantitative estimate of drug-likeness (QED) is 0.705. The zero-order valence-electron chi connectivity index (χ0n) is 12.1. The maximum Gasteiger partial charge on any atom is 0.0223 e. The van der Waals surface area contributed by atoms with Gasteiger partial charge in [-0.05, 0) is 57.7 Å². The molecule has 3 unspecified atom stereocenters. The molecule has 1 saturated carbocycles. The van der Waals surface area contributed by atoms with Crippen molar-refractivity contribution in [3.05, 3.63) is 0 Å². The Hall–Kier alpha value is -0.0800. The lowest BCUT2D eigenvalue weighted by molar-refractivity contribution is 0.0964. The minimum Gasteiger partial charge on any atom is -0.299 e. The SMILES string of the molecule is CC1CCCC(N2CCCN3CCCCC3C2)C1. The molecular formula is C16H30N2. The van der Waals surface area contributed by atoms with Gasteiger partial charge in [-0.1, -0.05) is 26.2 Å². The van der Waals surface area contributed by atoms with Gasteiger partial charge in [-0.25, -0.2) is 0 Å². The average Bonchev–Trinajstić information content (AvgIpc) is 2.60. The Bertz CT molecular complexity index is 266. The molecule has 2 nitrogen and oxygen atoms in total. The summed E-state index contributed by atoms with van der Waals surface area (Å²) in [4.78, 5) is 5.65. The summed E-state index contributed by atoms with van der Waals surface area (Å²) < 4.78 is 0. The van der Waals surface area contributed by atoms with E-state index < -0.39 is 0 Å². The normalized spacial score (nSPS) is 40.2. The van der Waals surface area contributed by atoms with Gasteiger partial charge < -0.3 is 0 Å².